The van der Waals surface area contributed by atoms with Crippen molar-refractivity contribution in [1.29, 1.82) is 0 Å². The molecular formula is C18H16N2O5. The molecule has 1 aliphatic heterocycles. The van der Waals surface area contributed by atoms with E-state index in [1.54, 1.807) is 24.3 Å². The zero-order chi connectivity index (χ0) is 18.0. The number of nitrogens with zero attached hydrogens (tertiary/aromatic N) is 1. The van der Waals surface area contributed by atoms with Gasteiger partial charge in [-0.25, -0.2) is 9.59 Å². The summed E-state index contributed by atoms with van der Waals surface area (Å²) in [6, 6.07) is 9.22. The molecule has 0 bridgehead atoms. The average molecular weight is 340 g/mol. The Labute approximate surface area is 143 Å². The van der Waals surface area contributed by atoms with Gasteiger partial charge in [0.15, 0.2) is 0 Å². The molecule has 3 amide bonds. The summed E-state index contributed by atoms with van der Waals surface area (Å²) in [4.78, 5) is 36.0. The molecule has 0 saturated carbocycles. The Morgan fingerprint density at radius 2 is 1.92 bits per heavy atom. The number of rotatable bonds is 5. The number of hydrogen-bond acceptors (Lipinski definition) is 4. The van der Waals surface area contributed by atoms with Crippen LogP contribution in [-0.2, 0) is 4.79 Å². The van der Waals surface area contributed by atoms with Crippen LogP contribution >= 0.6 is 0 Å². The first-order valence-electron chi connectivity index (χ1n) is 7.77. The summed E-state index contributed by atoms with van der Waals surface area (Å²) in [5.41, 5.74) is 1.07. The first-order chi connectivity index (χ1) is 12.0. The Hall–Kier alpha value is -3.35. The SMILES string of the molecule is CCCN1C(=O)N/C(=C/c2ccc(-c3ccc(C(=O)O)cc3)o2)C1=O. The molecule has 0 spiro atoms. The Kier molecular flexibility index (Phi) is 4.38. The first kappa shape index (κ1) is 16.5. The molecule has 1 saturated heterocycles. The third-order valence-electron chi connectivity index (χ3n) is 3.74. The maximum Gasteiger partial charge on any atom is 0.335 e. The number of furan rings is 1. The minimum Gasteiger partial charge on any atom is -0.478 e. The summed E-state index contributed by atoms with van der Waals surface area (Å²) in [6.45, 7) is 2.25. The van der Waals surface area contributed by atoms with Gasteiger partial charge >= 0.3 is 12.0 Å². The summed E-state index contributed by atoms with van der Waals surface area (Å²) < 4.78 is 5.66. The number of imide groups is 1. The van der Waals surface area contributed by atoms with Crippen LogP contribution in [0.3, 0.4) is 0 Å². The zero-order valence-corrected chi connectivity index (χ0v) is 13.5. The van der Waals surface area contributed by atoms with Crippen LogP contribution in [0.2, 0.25) is 0 Å². The topological polar surface area (TPSA) is 99.8 Å². The molecule has 1 aromatic carbocycles. The lowest BCUT2D eigenvalue weighted by Crippen LogP contribution is -2.31. The summed E-state index contributed by atoms with van der Waals surface area (Å²) in [5.74, 6) is -0.426. The molecule has 1 fully saturated rings. The van der Waals surface area contributed by atoms with Crippen molar-refractivity contribution in [3.8, 4) is 11.3 Å². The van der Waals surface area contributed by atoms with Crippen molar-refractivity contribution in [2.24, 2.45) is 0 Å². The number of carboxylic acid groups (broad SMARTS) is 1. The zero-order valence-electron chi connectivity index (χ0n) is 13.5. The summed E-state index contributed by atoms with van der Waals surface area (Å²) in [7, 11) is 0. The standard InChI is InChI=1S/C18H16N2O5/c1-2-9-20-16(21)14(19-18(20)24)10-13-7-8-15(25-13)11-3-5-12(6-4-11)17(22)23/h3-8,10H,2,9H2,1H3,(H,19,24)(H,22,23)/b14-10+. The van der Waals surface area contributed by atoms with Crippen LogP contribution in [0.1, 0.15) is 29.5 Å². The molecule has 2 heterocycles. The third kappa shape index (κ3) is 3.30. The van der Waals surface area contributed by atoms with E-state index < -0.39 is 12.0 Å². The maximum atomic E-state index is 12.2. The number of nitrogens with one attached hydrogen (secondary N) is 1. The van der Waals surface area contributed by atoms with Crippen molar-refractivity contribution < 1.29 is 23.9 Å². The number of carbonyl (C=O) groups is 3. The second kappa shape index (κ2) is 6.64. The number of urea groups is 1. The summed E-state index contributed by atoms with van der Waals surface area (Å²) in [5, 5.41) is 11.4. The van der Waals surface area contributed by atoms with Gasteiger partial charge in [0.05, 0.1) is 5.56 Å². The van der Waals surface area contributed by atoms with Crippen LogP contribution in [0.4, 0.5) is 4.79 Å². The average Bonchev–Trinajstić information content (AvgIpc) is 3.16. The number of benzene rings is 1. The van der Waals surface area contributed by atoms with Crippen molar-refractivity contribution in [3.63, 3.8) is 0 Å². The fraction of sp³-hybridized carbons (Fsp3) is 0.167. The third-order valence-corrected chi connectivity index (χ3v) is 3.74. The van der Waals surface area contributed by atoms with Crippen LogP contribution in [0.5, 0.6) is 0 Å². The van der Waals surface area contributed by atoms with E-state index in [1.807, 2.05) is 6.92 Å². The molecule has 0 aliphatic carbocycles. The van der Waals surface area contributed by atoms with Gasteiger partial charge in [-0.2, -0.15) is 0 Å². The molecule has 1 aromatic heterocycles. The van der Waals surface area contributed by atoms with E-state index in [9.17, 15) is 14.4 Å². The smallest absolute Gasteiger partial charge is 0.335 e. The predicted octanol–water partition coefficient (Wildman–Crippen LogP) is 2.95. The second-order valence-electron chi connectivity index (χ2n) is 5.53. The highest BCUT2D eigenvalue weighted by atomic mass is 16.4. The van der Waals surface area contributed by atoms with Gasteiger partial charge in [-0.15, -0.1) is 0 Å². The molecule has 3 rings (SSSR count). The molecule has 1 aliphatic rings. The van der Waals surface area contributed by atoms with Crippen LogP contribution < -0.4 is 5.32 Å². The largest absolute Gasteiger partial charge is 0.478 e. The lowest BCUT2D eigenvalue weighted by Gasteiger charge is -2.08. The quantitative estimate of drug-likeness (QED) is 0.644. The van der Waals surface area contributed by atoms with Gasteiger partial charge in [0.25, 0.3) is 5.91 Å². The number of amides is 3. The van der Waals surface area contributed by atoms with Crippen molar-refractivity contribution >= 4 is 24.0 Å². The lowest BCUT2D eigenvalue weighted by molar-refractivity contribution is -0.122. The van der Waals surface area contributed by atoms with Crippen LogP contribution in [0.25, 0.3) is 17.4 Å². The van der Waals surface area contributed by atoms with Crippen molar-refractivity contribution in [3.05, 3.63) is 53.4 Å². The molecule has 2 aromatic rings. The van der Waals surface area contributed by atoms with Crippen molar-refractivity contribution in [1.82, 2.24) is 10.2 Å². The van der Waals surface area contributed by atoms with Gasteiger partial charge in [-0.1, -0.05) is 19.1 Å². The van der Waals surface area contributed by atoms with Gasteiger partial charge in [0, 0.05) is 18.2 Å². The van der Waals surface area contributed by atoms with E-state index in [0.717, 1.165) is 4.90 Å². The molecule has 0 atom stereocenters. The van der Waals surface area contributed by atoms with Crippen molar-refractivity contribution in [2.75, 3.05) is 6.54 Å². The fourth-order valence-electron chi connectivity index (χ4n) is 2.50. The highest BCUT2D eigenvalue weighted by Crippen LogP contribution is 2.24. The van der Waals surface area contributed by atoms with Crippen molar-refractivity contribution in [2.45, 2.75) is 13.3 Å². The molecule has 0 radical (unpaired) electrons. The van der Waals surface area contributed by atoms with E-state index in [1.165, 1.54) is 18.2 Å². The van der Waals surface area contributed by atoms with Crippen LogP contribution in [0.15, 0.2) is 46.5 Å². The Bertz CT molecular complexity index is 864. The second-order valence-corrected chi connectivity index (χ2v) is 5.53. The van der Waals surface area contributed by atoms with E-state index in [-0.39, 0.29) is 17.2 Å². The number of aromatic carboxylic acids is 1. The Morgan fingerprint density at radius 3 is 2.56 bits per heavy atom. The van der Waals surface area contributed by atoms with E-state index in [2.05, 4.69) is 5.32 Å². The Balaban J connectivity index is 1.81. The number of carbonyl (C=O) groups excluding carboxylic acids is 2. The minimum atomic E-state index is -0.997. The molecule has 7 nitrogen and oxygen atoms in total. The molecule has 25 heavy (non-hydrogen) atoms. The van der Waals surface area contributed by atoms with E-state index in [0.29, 0.717) is 30.0 Å². The van der Waals surface area contributed by atoms with E-state index >= 15 is 0 Å². The fourth-order valence-corrected chi connectivity index (χ4v) is 2.50. The number of hydrogen-bond donors (Lipinski definition) is 2. The molecule has 2 N–H and O–H groups in total. The van der Waals surface area contributed by atoms with Gasteiger partial charge < -0.3 is 14.8 Å². The summed E-state index contributed by atoms with van der Waals surface area (Å²) >= 11 is 0. The maximum absolute atomic E-state index is 12.2. The molecule has 0 unspecified atom stereocenters. The van der Waals surface area contributed by atoms with Gasteiger partial charge in [-0.05, 0) is 30.7 Å². The monoisotopic (exact) mass is 340 g/mol. The summed E-state index contributed by atoms with van der Waals surface area (Å²) in [6.07, 6.45) is 2.16. The lowest BCUT2D eigenvalue weighted by atomic mass is 10.1. The van der Waals surface area contributed by atoms with Crippen LogP contribution in [0, 0.1) is 0 Å². The predicted molar refractivity (Wildman–Crippen MR) is 89.6 cm³/mol. The highest BCUT2D eigenvalue weighted by Gasteiger charge is 2.32. The van der Waals surface area contributed by atoms with Gasteiger partial charge in [0.1, 0.15) is 17.2 Å². The van der Waals surface area contributed by atoms with Gasteiger partial charge in [0.2, 0.25) is 0 Å². The van der Waals surface area contributed by atoms with E-state index in [4.69, 9.17) is 9.52 Å². The molecule has 128 valence electrons. The molecular weight excluding hydrogens is 324 g/mol. The normalized spacial score (nSPS) is 15.7. The minimum absolute atomic E-state index is 0.167. The first-order valence-corrected chi connectivity index (χ1v) is 7.77. The highest BCUT2D eigenvalue weighted by molar-refractivity contribution is 6.13. The Morgan fingerprint density at radius 1 is 1.20 bits per heavy atom. The van der Waals surface area contributed by atoms with Gasteiger partial charge in [-0.3, -0.25) is 9.69 Å². The number of carboxylic acids is 1. The van der Waals surface area contributed by atoms with Crippen LogP contribution in [-0.4, -0.2) is 34.5 Å². The molecule has 7 heteroatoms.